The maximum absolute atomic E-state index is 12.4. The molecule has 1 rings (SSSR count). The molecule has 10 heavy (non-hydrogen) atoms. The molecule has 0 saturated heterocycles. The molecular weight excluding hydrogens is 199 g/mol. The van der Waals surface area contributed by atoms with Crippen LogP contribution in [0.25, 0.3) is 0 Å². The van der Waals surface area contributed by atoms with Crippen LogP contribution in [0.1, 0.15) is 0 Å². The molecular formula is C6H2F3Ga. The fourth-order valence-corrected chi connectivity index (χ4v) is 1.01. The molecule has 0 saturated carbocycles. The van der Waals surface area contributed by atoms with Crippen molar-refractivity contribution in [2.24, 2.45) is 0 Å². The SMILES string of the molecule is Fc1cc[c]([Ga])c(F)c1F. The minimum atomic E-state index is -1.39. The molecule has 0 aliphatic rings. The molecule has 0 fully saturated rings. The summed E-state index contributed by atoms with van der Waals surface area (Å²) in [7, 11) is 0. The third kappa shape index (κ3) is 1.22. The zero-order valence-electron chi connectivity index (χ0n) is 4.87. The molecule has 0 atom stereocenters. The van der Waals surface area contributed by atoms with E-state index in [1.807, 2.05) is 0 Å². The molecule has 2 radical (unpaired) electrons. The quantitative estimate of drug-likeness (QED) is 0.431. The van der Waals surface area contributed by atoms with Crippen molar-refractivity contribution in [3.05, 3.63) is 29.6 Å². The first-order chi connectivity index (χ1) is 4.63. The van der Waals surface area contributed by atoms with E-state index in [0.29, 0.717) is 0 Å². The first kappa shape index (κ1) is 7.75. The average Bonchev–Trinajstić information content (AvgIpc) is 1.93. The summed E-state index contributed by atoms with van der Waals surface area (Å²) in [5, 5.41) is 0. The van der Waals surface area contributed by atoms with Crippen LogP contribution in [0.5, 0.6) is 0 Å². The average molecular weight is 201 g/mol. The van der Waals surface area contributed by atoms with Crippen molar-refractivity contribution in [2.45, 2.75) is 0 Å². The second-order valence-corrected chi connectivity index (χ2v) is 3.07. The Morgan fingerprint density at radius 3 is 2.10 bits per heavy atom. The van der Waals surface area contributed by atoms with Crippen molar-refractivity contribution < 1.29 is 13.2 Å². The summed E-state index contributed by atoms with van der Waals surface area (Å²) in [4.78, 5) is 0. The first-order valence-corrected chi connectivity index (χ1v) is 3.73. The molecule has 4 heteroatoms. The molecule has 0 nitrogen and oxygen atoms in total. The standard InChI is InChI=1S/C6H2F3.Ga/c7-4-2-1-3-5(8)6(4)9;/h1-2H;. The first-order valence-electron chi connectivity index (χ1n) is 2.52. The maximum atomic E-state index is 12.4. The van der Waals surface area contributed by atoms with Crippen LogP contribution < -0.4 is 4.12 Å². The molecule has 1 aromatic rings. The van der Waals surface area contributed by atoms with E-state index in [-0.39, 0.29) is 4.12 Å². The Balaban J connectivity index is 3.34. The molecule has 0 heterocycles. The van der Waals surface area contributed by atoms with Crippen LogP contribution in [0.15, 0.2) is 12.1 Å². The number of hydrogen-bond donors (Lipinski definition) is 0. The molecule has 0 unspecified atom stereocenters. The molecule has 0 aliphatic heterocycles. The van der Waals surface area contributed by atoms with Crippen LogP contribution in [-0.4, -0.2) is 18.6 Å². The van der Waals surface area contributed by atoms with Gasteiger partial charge in [-0.05, 0) is 0 Å². The Hall–Kier alpha value is -0.354. The number of rotatable bonds is 0. The fourth-order valence-electron chi connectivity index (χ4n) is 0.541. The fraction of sp³-hybridized carbons (Fsp3) is 0. The Labute approximate surface area is 66.0 Å². The van der Waals surface area contributed by atoms with Crippen LogP contribution >= 0.6 is 0 Å². The van der Waals surface area contributed by atoms with E-state index in [9.17, 15) is 13.2 Å². The summed E-state index contributed by atoms with van der Waals surface area (Å²) in [6.07, 6.45) is 0. The van der Waals surface area contributed by atoms with Gasteiger partial charge in [0.25, 0.3) is 0 Å². The van der Waals surface area contributed by atoms with Crippen molar-refractivity contribution in [1.29, 1.82) is 0 Å². The van der Waals surface area contributed by atoms with Gasteiger partial charge in [-0.2, -0.15) is 0 Å². The third-order valence-electron chi connectivity index (χ3n) is 1.07. The van der Waals surface area contributed by atoms with E-state index in [4.69, 9.17) is 0 Å². The van der Waals surface area contributed by atoms with Gasteiger partial charge in [0.2, 0.25) is 0 Å². The molecule has 0 bridgehead atoms. The molecule has 0 spiro atoms. The molecule has 50 valence electrons. The van der Waals surface area contributed by atoms with Crippen LogP contribution in [0, 0.1) is 17.5 Å². The summed E-state index contributed by atoms with van der Waals surface area (Å²) in [5.41, 5.74) is 0. The summed E-state index contributed by atoms with van der Waals surface area (Å²) in [5.74, 6) is -3.61. The molecule has 0 amide bonds. The molecule has 0 N–H and O–H groups in total. The Morgan fingerprint density at radius 1 is 1.00 bits per heavy atom. The minimum absolute atomic E-state index is 0.173. The summed E-state index contributed by atoms with van der Waals surface area (Å²) >= 11 is 0.931. The summed E-state index contributed by atoms with van der Waals surface area (Å²) in [6.45, 7) is 0. The van der Waals surface area contributed by atoms with Crippen LogP contribution in [-0.2, 0) is 0 Å². The van der Waals surface area contributed by atoms with E-state index < -0.39 is 17.5 Å². The van der Waals surface area contributed by atoms with Crippen molar-refractivity contribution in [2.75, 3.05) is 0 Å². The van der Waals surface area contributed by atoms with Gasteiger partial charge in [0.15, 0.2) is 0 Å². The number of hydrogen-bond acceptors (Lipinski definition) is 0. The summed E-state index contributed by atoms with van der Waals surface area (Å²) in [6, 6.07) is 2.13. The van der Waals surface area contributed by atoms with Gasteiger partial charge in [0.05, 0.1) is 0 Å². The van der Waals surface area contributed by atoms with Gasteiger partial charge in [0, 0.05) is 0 Å². The predicted octanol–water partition coefficient (Wildman–Crippen LogP) is 0.898. The Bertz CT molecular complexity index is 232. The molecule has 0 aromatic heterocycles. The zero-order valence-corrected chi connectivity index (χ0v) is 7.29. The normalized spacial score (nSPS) is 9.90. The van der Waals surface area contributed by atoms with E-state index in [1.165, 1.54) is 6.07 Å². The van der Waals surface area contributed by atoms with Crippen LogP contribution in [0.3, 0.4) is 0 Å². The van der Waals surface area contributed by atoms with E-state index in [1.54, 1.807) is 0 Å². The van der Waals surface area contributed by atoms with Crippen molar-refractivity contribution >= 4 is 22.7 Å². The predicted molar refractivity (Wildman–Crippen MR) is 31.7 cm³/mol. The zero-order chi connectivity index (χ0) is 7.72. The monoisotopic (exact) mass is 200 g/mol. The summed E-state index contributed by atoms with van der Waals surface area (Å²) < 4.78 is 37.0. The van der Waals surface area contributed by atoms with Gasteiger partial charge in [0.1, 0.15) is 0 Å². The van der Waals surface area contributed by atoms with Crippen molar-refractivity contribution in [1.82, 2.24) is 0 Å². The number of benzene rings is 1. The van der Waals surface area contributed by atoms with Crippen molar-refractivity contribution in [3.8, 4) is 0 Å². The van der Waals surface area contributed by atoms with Gasteiger partial charge >= 0.3 is 65.5 Å². The van der Waals surface area contributed by atoms with Crippen LogP contribution in [0.4, 0.5) is 13.2 Å². The van der Waals surface area contributed by atoms with E-state index in [0.717, 1.165) is 24.7 Å². The van der Waals surface area contributed by atoms with Gasteiger partial charge < -0.3 is 0 Å². The van der Waals surface area contributed by atoms with Gasteiger partial charge in [-0.3, -0.25) is 0 Å². The second kappa shape index (κ2) is 2.71. The Kier molecular flexibility index (Phi) is 2.10. The van der Waals surface area contributed by atoms with E-state index >= 15 is 0 Å². The number of halogens is 3. The van der Waals surface area contributed by atoms with Gasteiger partial charge in [-0.1, -0.05) is 0 Å². The topological polar surface area (TPSA) is 0 Å². The van der Waals surface area contributed by atoms with Gasteiger partial charge in [-0.15, -0.1) is 0 Å². The van der Waals surface area contributed by atoms with Crippen LogP contribution in [0.2, 0.25) is 0 Å². The van der Waals surface area contributed by atoms with E-state index in [2.05, 4.69) is 0 Å². The molecule has 1 aromatic carbocycles. The third-order valence-corrected chi connectivity index (χ3v) is 2.00. The van der Waals surface area contributed by atoms with Crippen molar-refractivity contribution in [3.63, 3.8) is 0 Å². The second-order valence-electron chi connectivity index (χ2n) is 1.76. The van der Waals surface area contributed by atoms with Gasteiger partial charge in [-0.25, -0.2) is 0 Å². The Morgan fingerprint density at radius 2 is 1.60 bits per heavy atom. The molecule has 0 aliphatic carbocycles.